The molecule has 3 aromatic carbocycles. The molecule has 0 bridgehead atoms. The van der Waals surface area contributed by atoms with E-state index >= 15 is 0 Å². The first-order valence-corrected chi connectivity index (χ1v) is 6.46. The Morgan fingerprint density at radius 3 is 1.62 bits per heavy atom. The number of halogens is 1. The van der Waals surface area contributed by atoms with Crippen molar-refractivity contribution in [1.82, 2.24) is 5.23 Å². The van der Waals surface area contributed by atoms with Gasteiger partial charge in [0.1, 0.15) is 0 Å². The van der Waals surface area contributed by atoms with Crippen LogP contribution in [0.1, 0.15) is 10.4 Å². The molecule has 0 aliphatic carbocycles. The van der Waals surface area contributed by atoms with Crippen LogP contribution in [0.5, 0.6) is 0 Å². The molecule has 3 rings (SSSR count). The molecule has 7 nitrogen and oxygen atoms in total. The molecule has 0 atom stereocenters. The zero-order valence-electron chi connectivity index (χ0n) is 12.2. The lowest BCUT2D eigenvalue weighted by molar-refractivity contribution is 0.0192. The van der Waals surface area contributed by atoms with Gasteiger partial charge in [0, 0.05) is 16.3 Å². The molecule has 0 aliphatic heterocycles. The van der Waals surface area contributed by atoms with Gasteiger partial charge >= 0.3 is 0 Å². The molecule has 0 aromatic heterocycles. The van der Waals surface area contributed by atoms with E-state index in [9.17, 15) is 23.7 Å². The zero-order chi connectivity index (χ0) is 17.0. The first kappa shape index (κ1) is 18.8. The zero-order valence-corrected chi connectivity index (χ0v) is 12.2. The second-order valence-corrected chi connectivity index (χ2v) is 4.52. The number of carbonyl (C=O) groups excluding carboxylic acids is 1. The highest BCUT2D eigenvalue weighted by Crippen LogP contribution is 2.01. The Balaban J connectivity index is 0.000000232. The van der Waals surface area contributed by atoms with Gasteiger partial charge in [0.2, 0.25) is 10.9 Å². The molecule has 4 N–H and O–H groups in total. The van der Waals surface area contributed by atoms with Crippen LogP contribution in [0.4, 0.5) is 4.48 Å². The average Bonchev–Trinajstić information content (AvgIpc) is 2.80. The van der Waals surface area contributed by atoms with Gasteiger partial charge in [-0.25, -0.2) is 5.84 Å². The van der Waals surface area contributed by atoms with Gasteiger partial charge in [-0.15, -0.1) is 5.23 Å². The maximum Gasteiger partial charge on any atom is 0.296 e. The number of benzene rings is 2. The molecule has 0 saturated carbocycles. The maximum atomic E-state index is 12.0. The van der Waals surface area contributed by atoms with Gasteiger partial charge in [-0.1, -0.05) is 46.9 Å². The molecule has 0 fully saturated rings. The van der Waals surface area contributed by atoms with Crippen molar-refractivity contribution in [2.24, 2.45) is 5.84 Å². The summed E-state index contributed by atoms with van der Waals surface area (Å²) in [7, 11) is 0. The molecule has 0 heterocycles. The van der Waals surface area contributed by atoms with E-state index in [4.69, 9.17) is 0 Å². The van der Waals surface area contributed by atoms with E-state index in [1.54, 1.807) is 30.3 Å². The first-order chi connectivity index (χ1) is 10.9. The van der Waals surface area contributed by atoms with Gasteiger partial charge in [-0.05, 0) is 12.1 Å². The number of carbonyl (C=O) groups is 1. The van der Waals surface area contributed by atoms with Crippen LogP contribution in [0, 0.1) is 0 Å². The summed E-state index contributed by atoms with van der Waals surface area (Å²) in [6, 6.07) is 14.2. The summed E-state index contributed by atoms with van der Waals surface area (Å²) < 4.78 is 12.0. The molecule has 0 aliphatic rings. The minimum absolute atomic E-state index is 0. The highest BCUT2D eigenvalue weighted by molar-refractivity contribution is 5.92. The van der Waals surface area contributed by atoms with Crippen LogP contribution < -0.4 is 22.1 Å². The number of amides is 1. The van der Waals surface area contributed by atoms with Gasteiger partial charge in [0.25, 0.3) is 11.3 Å². The van der Waals surface area contributed by atoms with Crippen molar-refractivity contribution < 1.29 is 14.8 Å². The van der Waals surface area contributed by atoms with E-state index in [2.05, 4.69) is 5.84 Å². The summed E-state index contributed by atoms with van der Waals surface area (Å²) in [5.41, 5.74) is -2.06. The minimum atomic E-state index is -0.920. The number of hydrogen-bond acceptors (Lipinski definition) is 5. The Labute approximate surface area is 134 Å². The van der Waals surface area contributed by atoms with Crippen LogP contribution in [0.2, 0.25) is 0 Å². The summed E-state index contributed by atoms with van der Waals surface area (Å²) in [5, 5.41) is 0.0231. The lowest BCUT2D eigenvalue weighted by Crippen LogP contribution is -2.29. The summed E-state index contributed by atoms with van der Waals surface area (Å²) in [4.78, 5) is 43.7. The molecule has 124 valence electrons. The smallest absolute Gasteiger partial charge is 0.296 e. The Bertz CT molecular complexity index is 929. The summed E-state index contributed by atoms with van der Waals surface area (Å²) in [6.45, 7) is 0. The van der Waals surface area contributed by atoms with Gasteiger partial charge < -0.3 is 5.48 Å². The predicted octanol–water partition coefficient (Wildman–Crippen LogP) is -0.142. The van der Waals surface area contributed by atoms with Crippen LogP contribution in [0.3, 0.4) is 0 Å². The average molecular weight is 332 g/mol. The predicted molar refractivity (Wildman–Crippen MR) is 86.7 cm³/mol. The van der Waals surface area contributed by atoms with Gasteiger partial charge in [0.05, 0.1) is 0 Å². The van der Waals surface area contributed by atoms with Crippen molar-refractivity contribution in [1.29, 1.82) is 0 Å². The number of nitrogens with zero attached hydrogens (tertiary/aromatic N) is 1. The van der Waals surface area contributed by atoms with Crippen molar-refractivity contribution in [3.05, 3.63) is 90.8 Å². The number of hydrogen-bond donors (Lipinski definition) is 1. The normalized spacial score (nSPS) is 9.58. The molecule has 3 aromatic rings. The fraction of sp³-hybridized carbons (Fsp3) is 0. The third kappa shape index (κ3) is 3.75. The van der Waals surface area contributed by atoms with Crippen LogP contribution in [-0.4, -0.2) is 16.6 Å². The molecule has 24 heavy (non-hydrogen) atoms. The highest BCUT2D eigenvalue weighted by Gasteiger charge is 2.10. The lowest BCUT2D eigenvalue weighted by atomic mass is 10.2. The second-order valence-electron chi connectivity index (χ2n) is 4.52. The molecule has 0 spiro atoms. The highest BCUT2D eigenvalue weighted by atomic mass is 19.2. The summed E-state index contributed by atoms with van der Waals surface area (Å²) >= 11 is 0. The summed E-state index contributed by atoms with van der Waals surface area (Å²) in [5.74, 6) is 3.74. The quantitative estimate of drug-likeness (QED) is 0.218. The monoisotopic (exact) mass is 332 g/mol. The molecule has 1 amide bonds. The van der Waals surface area contributed by atoms with E-state index in [1.807, 2.05) is 0 Å². The molecule has 0 unspecified atom stereocenters. The fourth-order valence-corrected chi connectivity index (χ4v) is 1.93. The minimum Gasteiger partial charge on any atom is -0.412 e. The van der Waals surface area contributed by atoms with E-state index in [-0.39, 0.29) is 21.8 Å². The van der Waals surface area contributed by atoms with Crippen molar-refractivity contribution >= 4 is 16.7 Å². The third-order valence-electron chi connectivity index (χ3n) is 3.04. The molecule has 8 heteroatoms. The van der Waals surface area contributed by atoms with Crippen LogP contribution in [-0.2, 0) is 0 Å². The van der Waals surface area contributed by atoms with Crippen molar-refractivity contribution in [2.45, 2.75) is 0 Å². The van der Waals surface area contributed by atoms with Crippen molar-refractivity contribution in [3.63, 3.8) is 0 Å². The Hall–Kier alpha value is -3.23. The van der Waals surface area contributed by atoms with Crippen LogP contribution in [0.25, 0.3) is 10.8 Å². The van der Waals surface area contributed by atoms with E-state index in [1.165, 1.54) is 24.3 Å². The Morgan fingerprint density at radius 1 is 0.792 bits per heavy atom. The SMILES string of the molecule is NN(F)C(=O)c1ccccc1.O.O=c1c(=O)c2ccccc2c1=O. The molecule has 0 saturated heterocycles. The topological polar surface area (TPSA) is 129 Å². The van der Waals surface area contributed by atoms with Crippen molar-refractivity contribution in [3.8, 4) is 0 Å². The number of hydrazine groups is 1. The van der Waals surface area contributed by atoms with Gasteiger partial charge in [0.15, 0.2) is 0 Å². The standard InChI is InChI=1S/C9H4O3.C7H7FN2O.H2O/c10-7-5-3-1-2-4-6(5)8(11)9(7)12;8-10(9)7(11)6-4-2-1-3-5-6;/h1-4H;1-5H,9H2;1H2. The third-order valence-corrected chi connectivity index (χ3v) is 3.04. The second kappa shape index (κ2) is 7.86. The van der Waals surface area contributed by atoms with Crippen LogP contribution in [0.15, 0.2) is 69.0 Å². The first-order valence-electron chi connectivity index (χ1n) is 6.46. The largest absolute Gasteiger partial charge is 0.412 e. The number of fused-ring (bicyclic) bond motifs is 1. The molecular weight excluding hydrogens is 319 g/mol. The van der Waals surface area contributed by atoms with E-state index in [0.717, 1.165) is 0 Å². The Kier molecular flexibility index (Phi) is 6.16. The summed E-state index contributed by atoms with van der Waals surface area (Å²) in [6.07, 6.45) is 0. The van der Waals surface area contributed by atoms with E-state index < -0.39 is 27.4 Å². The van der Waals surface area contributed by atoms with Gasteiger partial charge in [-0.2, -0.15) is 0 Å². The van der Waals surface area contributed by atoms with Crippen molar-refractivity contribution in [2.75, 3.05) is 0 Å². The van der Waals surface area contributed by atoms with E-state index in [0.29, 0.717) is 0 Å². The molecular formula is C16H13FN2O5. The number of nitrogens with two attached hydrogens (primary N) is 1. The lowest BCUT2D eigenvalue weighted by Gasteiger charge is -2.02. The Morgan fingerprint density at radius 2 is 1.21 bits per heavy atom. The van der Waals surface area contributed by atoms with Crippen LogP contribution >= 0.6 is 0 Å². The number of rotatable bonds is 1. The molecule has 0 radical (unpaired) electrons. The fourth-order valence-electron chi connectivity index (χ4n) is 1.93. The maximum absolute atomic E-state index is 12.0. The van der Waals surface area contributed by atoms with Gasteiger partial charge in [-0.3, -0.25) is 19.2 Å².